The Morgan fingerprint density at radius 3 is 2.75 bits per heavy atom. The molecule has 0 bridgehead atoms. The lowest BCUT2D eigenvalue weighted by Crippen LogP contribution is -2.25. The van der Waals surface area contributed by atoms with Gasteiger partial charge in [-0.3, -0.25) is 24.0 Å². The van der Waals surface area contributed by atoms with Crippen molar-refractivity contribution in [2.75, 3.05) is 31.6 Å². The molecule has 4 heterocycles. The Morgan fingerprint density at radius 1 is 1.05 bits per heavy atom. The normalized spacial score (nSPS) is 13.5. The first-order chi connectivity index (χ1) is 19.5. The summed E-state index contributed by atoms with van der Waals surface area (Å²) in [4.78, 5) is 34.5. The van der Waals surface area contributed by atoms with Crippen LogP contribution in [0.25, 0.3) is 27.0 Å². The third kappa shape index (κ3) is 5.54. The quantitative estimate of drug-likeness (QED) is 0.251. The van der Waals surface area contributed by atoms with Crippen LogP contribution in [0.5, 0.6) is 5.75 Å². The number of carbonyl (C=O) groups is 1. The van der Waals surface area contributed by atoms with Gasteiger partial charge in [0.2, 0.25) is 0 Å². The number of nitrogens with one attached hydrogen (secondary N) is 1. The number of amides is 1. The number of rotatable bonds is 8. The second-order valence-corrected chi connectivity index (χ2v) is 10.9. The third-order valence-electron chi connectivity index (χ3n) is 7.27. The van der Waals surface area contributed by atoms with Gasteiger partial charge in [0.25, 0.3) is 11.5 Å². The predicted molar refractivity (Wildman–Crippen MR) is 161 cm³/mol. The van der Waals surface area contributed by atoms with Crippen LogP contribution in [0, 0.1) is 6.92 Å². The van der Waals surface area contributed by atoms with Crippen LogP contribution in [0.15, 0.2) is 89.3 Å². The number of carbonyl (C=O) groups excluding carboxylic acids is 1. The largest absolute Gasteiger partial charge is 0.492 e. The molecule has 202 valence electrons. The van der Waals surface area contributed by atoms with Crippen molar-refractivity contribution in [2.24, 2.45) is 0 Å². The van der Waals surface area contributed by atoms with Gasteiger partial charge < -0.3 is 10.1 Å². The number of aromatic nitrogens is 2. The topological polar surface area (TPSA) is 76.5 Å². The minimum absolute atomic E-state index is 0.135. The summed E-state index contributed by atoms with van der Waals surface area (Å²) in [5.41, 5.74) is 3.37. The van der Waals surface area contributed by atoms with Gasteiger partial charge in [-0.2, -0.15) is 0 Å². The van der Waals surface area contributed by atoms with Crippen molar-refractivity contribution in [1.82, 2.24) is 14.5 Å². The maximum Gasteiger partial charge on any atom is 0.263 e. The Hall–Kier alpha value is -4.27. The molecule has 1 fully saturated rings. The van der Waals surface area contributed by atoms with Crippen molar-refractivity contribution in [2.45, 2.75) is 19.8 Å². The number of likely N-dealkylation sites (tertiary alicyclic amines) is 1. The lowest BCUT2D eigenvalue weighted by molar-refractivity contribution is 0.102. The van der Waals surface area contributed by atoms with E-state index in [1.54, 1.807) is 40.4 Å². The summed E-state index contributed by atoms with van der Waals surface area (Å²) in [5.74, 6) is 0.454. The number of nitrogens with zero attached hydrogens (tertiary/aromatic N) is 3. The molecule has 1 aliphatic heterocycles. The average Bonchev–Trinajstić information content (AvgIpc) is 3.70. The number of hydrogen-bond donors (Lipinski definition) is 1. The third-order valence-corrected chi connectivity index (χ3v) is 8.17. The van der Waals surface area contributed by atoms with Crippen LogP contribution in [0.1, 0.15) is 28.8 Å². The molecule has 0 radical (unpaired) electrons. The number of aryl methyl sites for hydroxylation is 1. The van der Waals surface area contributed by atoms with Gasteiger partial charge in [0.1, 0.15) is 12.4 Å². The average molecular weight is 551 g/mol. The summed E-state index contributed by atoms with van der Waals surface area (Å²) in [7, 11) is 0. The minimum atomic E-state index is -0.239. The number of ether oxygens (including phenoxy) is 1. The van der Waals surface area contributed by atoms with Gasteiger partial charge in [-0.25, -0.2) is 0 Å². The number of benzene rings is 2. The van der Waals surface area contributed by atoms with Gasteiger partial charge in [0.15, 0.2) is 0 Å². The molecule has 0 spiro atoms. The first-order valence-electron chi connectivity index (χ1n) is 13.5. The Bertz CT molecular complexity index is 1720. The fraction of sp³-hybridized carbons (Fsp3) is 0.219. The molecule has 1 amide bonds. The zero-order valence-electron chi connectivity index (χ0n) is 22.3. The zero-order valence-corrected chi connectivity index (χ0v) is 23.1. The second kappa shape index (κ2) is 11.5. The van der Waals surface area contributed by atoms with Crippen LogP contribution in [0.4, 0.5) is 5.69 Å². The number of hydrogen-bond acceptors (Lipinski definition) is 6. The Labute approximate surface area is 236 Å². The van der Waals surface area contributed by atoms with E-state index in [1.807, 2.05) is 66.9 Å². The molecule has 0 unspecified atom stereocenters. The molecule has 40 heavy (non-hydrogen) atoms. The molecular formula is C32H30N4O3S. The fourth-order valence-electron chi connectivity index (χ4n) is 5.08. The first-order valence-corrected chi connectivity index (χ1v) is 14.4. The zero-order chi connectivity index (χ0) is 27.5. The standard InChI is InChI=1S/C32H30N4O3S/c1-22-6-8-25(34-31(37)24-10-12-33-28(19-24)30-5-4-18-40-30)20-29(22)36-15-11-23-7-9-26(21-27(23)32(36)38)39-17-16-35-13-2-3-14-35/h4-12,15,18-21H,2-3,13-14,16-17H2,1H3,(H,34,37). The number of fused-ring (bicyclic) bond motifs is 1. The maximum atomic E-state index is 13.6. The molecule has 1 N–H and O–H groups in total. The van der Waals surface area contributed by atoms with Crippen LogP contribution < -0.4 is 15.6 Å². The molecule has 0 atom stereocenters. The van der Waals surface area contributed by atoms with Crippen molar-refractivity contribution >= 4 is 33.7 Å². The SMILES string of the molecule is Cc1ccc(NC(=O)c2ccnc(-c3cccs3)c2)cc1-n1ccc2ccc(OCCN3CCCC3)cc2c1=O. The summed E-state index contributed by atoms with van der Waals surface area (Å²) in [6.45, 7) is 5.70. The number of anilines is 1. The maximum absolute atomic E-state index is 13.6. The molecule has 0 aliphatic carbocycles. The molecule has 3 aromatic heterocycles. The second-order valence-electron chi connectivity index (χ2n) is 10.00. The molecule has 6 rings (SSSR count). The van der Waals surface area contributed by atoms with Crippen molar-refractivity contribution in [1.29, 1.82) is 0 Å². The van der Waals surface area contributed by atoms with Crippen LogP contribution in [0.2, 0.25) is 0 Å². The smallest absolute Gasteiger partial charge is 0.263 e. The highest BCUT2D eigenvalue weighted by Gasteiger charge is 2.14. The van der Waals surface area contributed by atoms with Gasteiger partial charge in [-0.05, 0) is 97.7 Å². The summed E-state index contributed by atoms with van der Waals surface area (Å²) in [6.07, 6.45) is 5.92. The van der Waals surface area contributed by atoms with E-state index in [2.05, 4.69) is 15.2 Å². The van der Waals surface area contributed by atoms with E-state index >= 15 is 0 Å². The van der Waals surface area contributed by atoms with Crippen molar-refractivity contribution in [3.05, 3.63) is 106 Å². The van der Waals surface area contributed by atoms with E-state index in [1.165, 1.54) is 12.8 Å². The molecule has 2 aromatic carbocycles. The van der Waals surface area contributed by atoms with E-state index < -0.39 is 0 Å². The number of pyridine rings is 2. The van der Waals surface area contributed by atoms with Gasteiger partial charge >= 0.3 is 0 Å². The van der Waals surface area contributed by atoms with E-state index in [4.69, 9.17) is 4.74 Å². The number of thiophene rings is 1. The first kappa shape index (κ1) is 26.0. The lowest BCUT2D eigenvalue weighted by atomic mass is 10.1. The van der Waals surface area contributed by atoms with Crippen molar-refractivity contribution in [3.63, 3.8) is 0 Å². The van der Waals surface area contributed by atoms with E-state index in [-0.39, 0.29) is 11.5 Å². The molecule has 1 aliphatic rings. The Kier molecular flexibility index (Phi) is 7.44. The van der Waals surface area contributed by atoms with Crippen molar-refractivity contribution in [3.8, 4) is 22.0 Å². The fourth-order valence-corrected chi connectivity index (χ4v) is 5.77. The van der Waals surface area contributed by atoms with Gasteiger partial charge in [-0.15, -0.1) is 11.3 Å². The highest BCUT2D eigenvalue weighted by atomic mass is 32.1. The van der Waals surface area contributed by atoms with Crippen molar-refractivity contribution < 1.29 is 9.53 Å². The van der Waals surface area contributed by atoms with E-state index in [0.29, 0.717) is 34.7 Å². The highest BCUT2D eigenvalue weighted by Crippen LogP contribution is 2.25. The Morgan fingerprint density at radius 2 is 1.93 bits per heavy atom. The lowest BCUT2D eigenvalue weighted by Gasteiger charge is -2.15. The molecule has 5 aromatic rings. The molecular weight excluding hydrogens is 520 g/mol. The van der Waals surface area contributed by atoms with Crippen LogP contribution in [-0.4, -0.2) is 46.6 Å². The van der Waals surface area contributed by atoms with Gasteiger partial charge in [0.05, 0.1) is 21.6 Å². The summed E-state index contributed by atoms with van der Waals surface area (Å²) in [6, 6.07) is 20.6. The van der Waals surface area contributed by atoms with Crippen LogP contribution in [-0.2, 0) is 0 Å². The van der Waals surface area contributed by atoms with Crippen LogP contribution in [0.3, 0.4) is 0 Å². The summed E-state index contributed by atoms with van der Waals surface area (Å²) < 4.78 is 7.62. The highest BCUT2D eigenvalue weighted by molar-refractivity contribution is 7.13. The van der Waals surface area contributed by atoms with Gasteiger partial charge in [-0.1, -0.05) is 18.2 Å². The summed E-state index contributed by atoms with van der Waals surface area (Å²) >= 11 is 1.58. The molecule has 0 saturated carbocycles. The van der Waals surface area contributed by atoms with E-state index in [0.717, 1.165) is 41.2 Å². The molecule has 1 saturated heterocycles. The summed E-state index contributed by atoms with van der Waals surface area (Å²) in [5, 5.41) is 6.41. The predicted octanol–water partition coefficient (Wildman–Crippen LogP) is 6.15. The minimum Gasteiger partial charge on any atom is -0.492 e. The van der Waals surface area contributed by atoms with Gasteiger partial charge in [0, 0.05) is 30.2 Å². The van der Waals surface area contributed by atoms with Crippen LogP contribution >= 0.6 is 11.3 Å². The van der Waals surface area contributed by atoms with E-state index in [9.17, 15) is 9.59 Å². The molecule has 8 heteroatoms. The molecule has 7 nitrogen and oxygen atoms in total. The Balaban J connectivity index is 1.24. The monoisotopic (exact) mass is 550 g/mol.